The van der Waals surface area contributed by atoms with E-state index in [-0.39, 0.29) is 5.69 Å². The van der Waals surface area contributed by atoms with E-state index < -0.39 is 10.8 Å². The van der Waals surface area contributed by atoms with Crippen molar-refractivity contribution < 1.29 is 14.5 Å². The summed E-state index contributed by atoms with van der Waals surface area (Å²) in [6, 6.07) is 22.5. The molecule has 0 saturated carbocycles. The van der Waals surface area contributed by atoms with Crippen molar-refractivity contribution in [1.29, 1.82) is 0 Å². The SMILES string of the molecule is O=C(N/N=C/c1ccccc1[N+](=O)[O-])c1ccccc1OCc1ccccc1. The average Bonchev–Trinajstić information content (AvgIpc) is 2.73. The van der Waals surface area contributed by atoms with Gasteiger partial charge in [-0.2, -0.15) is 5.10 Å². The first-order valence-electron chi connectivity index (χ1n) is 8.48. The fraction of sp³-hybridized carbons (Fsp3) is 0.0476. The van der Waals surface area contributed by atoms with Crippen LogP contribution in [0.15, 0.2) is 84.0 Å². The Labute approximate surface area is 161 Å². The van der Waals surface area contributed by atoms with Gasteiger partial charge in [-0.15, -0.1) is 0 Å². The highest BCUT2D eigenvalue weighted by molar-refractivity contribution is 5.97. The number of nitrogens with one attached hydrogen (secondary N) is 1. The molecule has 0 fully saturated rings. The lowest BCUT2D eigenvalue weighted by atomic mass is 10.2. The first-order valence-corrected chi connectivity index (χ1v) is 8.48. The van der Waals surface area contributed by atoms with Crippen LogP contribution in [0, 0.1) is 10.1 Å². The van der Waals surface area contributed by atoms with Gasteiger partial charge in [-0.3, -0.25) is 14.9 Å². The van der Waals surface area contributed by atoms with Crippen LogP contribution in [-0.2, 0) is 6.61 Å². The normalized spacial score (nSPS) is 10.6. The standard InChI is InChI=1S/C21H17N3O4/c25-21(23-22-14-17-10-4-6-12-19(17)24(26)27)18-11-5-7-13-20(18)28-15-16-8-2-1-3-9-16/h1-14H,15H2,(H,23,25)/b22-14+. The fourth-order valence-corrected chi connectivity index (χ4v) is 2.50. The van der Waals surface area contributed by atoms with Crippen LogP contribution in [0.1, 0.15) is 21.5 Å². The number of nitrogens with zero attached hydrogens (tertiary/aromatic N) is 2. The van der Waals surface area contributed by atoms with Crippen LogP contribution < -0.4 is 10.2 Å². The quantitative estimate of drug-likeness (QED) is 0.384. The third-order valence-electron chi connectivity index (χ3n) is 3.87. The Bertz CT molecular complexity index is 1000. The van der Waals surface area contributed by atoms with E-state index in [1.165, 1.54) is 12.3 Å². The predicted octanol–water partition coefficient (Wildman–Crippen LogP) is 3.94. The summed E-state index contributed by atoms with van der Waals surface area (Å²) in [7, 11) is 0. The van der Waals surface area contributed by atoms with Gasteiger partial charge >= 0.3 is 0 Å². The lowest BCUT2D eigenvalue weighted by molar-refractivity contribution is -0.385. The molecular formula is C21H17N3O4. The zero-order valence-corrected chi connectivity index (χ0v) is 14.8. The van der Waals surface area contributed by atoms with E-state index in [1.807, 2.05) is 30.3 Å². The Hall–Kier alpha value is -4.00. The minimum absolute atomic E-state index is 0.0907. The highest BCUT2D eigenvalue weighted by atomic mass is 16.6. The molecule has 3 aromatic carbocycles. The summed E-state index contributed by atoms with van der Waals surface area (Å²) in [5, 5.41) is 14.8. The lowest BCUT2D eigenvalue weighted by Crippen LogP contribution is -2.18. The minimum Gasteiger partial charge on any atom is -0.488 e. The van der Waals surface area contributed by atoms with Crippen molar-refractivity contribution in [1.82, 2.24) is 5.43 Å². The third-order valence-corrected chi connectivity index (χ3v) is 3.87. The van der Waals surface area contributed by atoms with Crippen LogP contribution >= 0.6 is 0 Å². The molecule has 0 saturated heterocycles. The van der Waals surface area contributed by atoms with E-state index in [0.717, 1.165) is 5.56 Å². The molecule has 0 aliphatic carbocycles. The second-order valence-electron chi connectivity index (χ2n) is 5.79. The summed E-state index contributed by atoms with van der Waals surface area (Å²) in [5.41, 5.74) is 3.88. The Kier molecular flexibility index (Phi) is 6.10. The van der Waals surface area contributed by atoms with Gasteiger partial charge in [0.25, 0.3) is 11.6 Å². The minimum atomic E-state index is -0.504. The van der Waals surface area contributed by atoms with Gasteiger partial charge in [-0.25, -0.2) is 5.43 Å². The molecule has 7 heteroatoms. The Balaban J connectivity index is 1.69. The number of carbonyl (C=O) groups is 1. The first-order chi connectivity index (χ1) is 13.6. The van der Waals surface area contributed by atoms with Crippen molar-refractivity contribution in [2.75, 3.05) is 0 Å². The number of nitro benzene ring substituents is 1. The van der Waals surface area contributed by atoms with E-state index >= 15 is 0 Å². The molecule has 28 heavy (non-hydrogen) atoms. The molecule has 7 nitrogen and oxygen atoms in total. The van der Waals surface area contributed by atoms with E-state index in [1.54, 1.807) is 42.5 Å². The summed E-state index contributed by atoms with van der Waals surface area (Å²) in [6.45, 7) is 0.324. The number of hydrogen-bond donors (Lipinski definition) is 1. The molecule has 0 radical (unpaired) electrons. The zero-order valence-electron chi connectivity index (χ0n) is 14.8. The third kappa shape index (κ3) is 4.79. The van der Waals surface area contributed by atoms with Crippen LogP contribution in [-0.4, -0.2) is 17.0 Å². The number of hydrogen-bond acceptors (Lipinski definition) is 5. The molecule has 1 N–H and O–H groups in total. The summed E-state index contributed by atoms with van der Waals surface area (Å²) >= 11 is 0. The molecular weight excluding hydrogens is 358 g/mol. The average molecular weight is 375 g/mol. The summed E-state index contributed by atoms with van der Waals surface area (Å²) < 4.78 is 5.76. The number of ether oxygens (including phenoxy) is 1. The maximum atomic E-state index is 12.4. The van der Waals surface area contributed by atoms with Gasteiger partial charge in [0.15, 0.2) is 0 Å². The van der Waals surface area contributed by atoms with Crippen molar-refractivity contribution in [2.24, 2.45) is 5.10 Å². The molecule has 0 unspecified atom stereocenters. The molecule has 0 bridgehead atoms. The number of hydrazone groups is 1. The fourth-order valence-electron chi connectivity index (χ4n) is 2.50. The van der Waals surface area contributed by atoms with Crippen LogP contribution in [0.3, 0.4) is 0 Å². The van der Waals surface area contributed by atoms with Gasteiger partial charge in [-0.05, 0) is 23.8 Å². The highest BCUT2D eigenvalue weighted by Gasteiger charge is 2.13. The zero-order chi connectivity index (χ0) is 19.8. The smallest absolute Gasteiger partial charge is 0.278 e. The molecule has 140 valence electrons. The molecule has 3 aromatic rings. The topological polar surface area (TPSA) is 93.8 Å². The van der Waals surface area contributed by atoms with Crippen molar-refractivity contribution in [3.05, 3.63) is 106 Å². The van der Waals surface area contributed by atoms with E-state index in [4.69, 9.17) is 4.74 Å². The van der Waals surface area contributed by atoms with E-state index in [2.05, 4.69) is 10.5 Å². The van der Waals surface area contributed by atoms with Gasteiger partial charge < -0.3 is 4.74 Å². The van der Waals surface area contributed by atoms with Crippen molar-refractivity contribution in [3.8, 4) is 5.75 Å². The van der Waals surface area contributed by atoms with Crippen molar-refractivity contribution in [2.45, 2.75) is 6.61 Å². The Morgan fingerprint density at radius 2 is 1.68 bits per heavy atom. The van der Waals surface area contributed by atoms with Gasteiger partial charge in [0.05, 0.1) is 22.3 Å². The predicted molar refractivity (Wildman–Crippen MR) is 105 cm³/mol. The summed E-state index contributed by atoms with van der Waals surface area (Å²) in [4.78, 5) is 23.0. The molecule has 1 amide bonds. The van der Waals surface area contributed by atoms with Gasteiger partial charge in [0.1, 0.15) is 12.4 Å². The van der Waals surface area contributed by atoms with E-state index in [0.29, 0.717) is 23.5 Å². The molecule has 3 rings (SSSR count). The monoisotopic (exact) mass is 375 g/mol. The summed E-state index contributed by atoms with van der Waals surface area (Å²) in [6.07, 6.45) is 1.24. The second-order valence-corrected chi connectivity index (χ2v) is 5.79. The lowest BCUT2D eigenvalue weighted by Gasteiger charge is -2.10. The molecule has 0 spiro atoms. The largest absolute Gasteiger partial charge is 0.488 e. The molecule has 0 aliphatic rings. The Morgan fingerprint density at radius 1 is 1.00 bits per heavy atom. The molecule has 0 aromatic heterocycles. The number of carbonyl (C=O) groups excluding carboxylic acids is 1. The highest BCUT2D eigenvalue weighted by Crippen LogP contribution is 2.19. The number of amides is 1. The number of benzene rings is 3. The number of nitro groups is 1. The van der Waals surface area contributed by atoms with Gasteiger partial charge in [0, 0.05) is 6.07 Å². The van der Waals surface area contributed by atoms with Crippen molar-refractivity contribution >= 4 is 17.8 Å². The molecule has 0 heterocycles. The Morgan fingerprint density at radius 3 is 2.46 bits per heavy atom. The second kappa shape index (κ2) is 9.09. The maximum absolute atomic E-state index is 12.4. The van der Waals surface area contributed by atoms with Gasteiger partial charge in [0.2, 0.25) is 0 Å². The summed E-state index contributed by atoms with van der Waals surface area (Å²) in [5.74, 6) is -0.0526. The van der Waals surface area contributed by atoms with Gasteiger partial charge in [-0.1, -0.05) is 54.6 Å². The molecule has 0 aliphatic heterocycles. The van der Waals surface area contributed by atoms with Crippen LogP contribution in [0.5, 0.6) is 5.75 Å². The number of rotatable bonds is 7. The first kappa shape index (κ1) is 18.8. The molecule has 0 atom stereocenters. The van der Waals surface area contributed by atoms with Crippen LogP contribution in [0.2, 0.25) is 0 Å². The van der Waals surface area contributed by atoms with Crippen molar-refractivity contribution in [3.63, 3.8) is 0 Å². The number of para-hydroxylation sites is 2. The van der Waals surface area contributed by atoms with E-state index in [9.17, 15) is 14.9 Å². The van der Waals surface area contributed by atoms with Crippen LogP contribution in [0.4, 0.5) is 5.69 Å². The van der Waals surface area contributed by atoms with Crippen LogP contribution in [0.25, 0.3) is 0 Å². The maximum Gasteiger partial charge on any atom is 0.278 e.